The zero-order valence-electron chi connectivity index (χ0n) is 16.8. The van der Waals surface area contributed by atoms with Gasteiger partial charge in [0.05, 0.1) is 12.7 Å². The number of nitrogens with zero attached hydrogens (tertiary/aromatic N) is 1. The highest BCUT2D eigenvalue weighted by Crippen LogP contribution is 2.16. The maximum Gasteiger partial charge on any atom is 0.337 e. The van der Waals surface area contributed by atoms with Gasteiger partial charge in [0, 0.05) is 25.9 Å². The van der Waals surface area contributed by atoms with Crippen molar-refractivity contribution in [1.82, 2.24) is 10.6 Å². The van der Waals surface area contributed by atoms with Crippen LogP contribution in [0.25, 0.3) is 0 Å². The van der Waals surface area contributed by atoms with Crippen molar-refractivity contribution in [3.63, 3.8) is 0 Å². The molecule has 5 nitrogen and oxygen atoms in total. The van der Waals surface area contributed by atoms with E-state index < -0.39 is 0 Å². The molecule has 0 amide bonds. The Morgan fingerprint density at radius 2 is 1.86 bits per heavy atom. The number of nitrogens with one attached hydrogen (secondary N) is 2. The first-order valence-corrected chi connectivity index (χ1v) is 10.3. The number of ether oxygens (including phenoxy) is 1. The van der Waals surface area contributed by atoms with Crippen molar-refractivity contribution in [2.45, 2.75) is 18.7 Å². The summed E-state index contributed by atoms with van der Waals surface area (Å²) < 4.78 is 18.2. The van der Waals surface area contributed by atoms with Crippen molar-refractivity contribution in [3.8, 4) is 0 Å². The molecular weight excluding hydrogens is 504 g/mol. The minimum atomic E-state index is -0.337. The number of thioether (sulfide) groups is 1. The number of guanidine groups is 1. The predicted molar refractivity (Wildman–Crippen MR) is 129 cm³/mol. The second-order valence-electron chi connectivity index (χ2n) is 6.14. The van der Waals surface area contributed by atoms with Gasteiger partial charge in [-0.25, -0.2) is 9.18 Å². The standard InChI is InChI=1S/C21H26FN3O2S.HI/c1-23-21(25-13-17-8-9-19(22)12-18(17)14-28-3)24-11-10-15-4-6-16(7-5-15)20(26)27-2;/h4-9,12H,10-11,13-14H2,1-3H3,(H2,23,24,25);1H. The van der Waals surface area contributed by atoms with Crippen LogP contribution in [0.3, 0.4) is 0 Å². The molecule has 2 rings (SSSR count). The number of benzene rings is 2. The number of hydrogen-bond donors (Lipinski definition) is 2. The molecule has 29 heavy (non-hydrogen) atoms. The fraction of sp³-hybridized carbons (Fsp3) is 0.333. The van der Waals surface area contributed by atoms with Gasteiger partial charge in [-0.3, -0.25) is 4.99 Å². The zero-order valence-corrected chi connectivity index (χ0v) is 20.0. The van der Waals surface area contributed by atoms with Crippen molar-refractivity contribution in [2.24, 2.45) is 4.99 Å². The first kappa shape index (κ1) is 25.2. The molecule has 0 unspecified atom stereocenters. The zero-order chi connectivity index (χ0) is 20.4. The molecule has 0 saturated heterocycles. The van der Waals surface area contributed by atoms with Gasteiger partial charge in [0.2, 0.25) is 0 Å². The summed E-state index contributed by atoms with van der Waals surface area (Å²) in [6, 6.07) is 12.2. The Morgan fingerprint density at radius 1 is 1.14 bits per heavy atom. The number of halogens is 2. The molecule has 0 aliphatic rings. The number of rotatable bonds is 8. The first-order chi connectivity index (χ1) is 13.6. The van der Waals surface area contributed by atoms with E-state index in [-0.39, 0.29) is 35.8 Å². The second-order valence-corrected chi connectivity index (χ2v) is 7.00. The minimum Gasteiger partial charge on any atom is -0.465 e. The van der Waals surface area contributed by atoms with E-state index in [0.29, 0.717) is 24.6 Å². The summed E-state index contributed by atoms with van der Waals surface area (Å²) in [5, 5.41) is 6.54. The predicted octanol–water partition coefficient (Wildman–Crippen LogP) is 4.00. The molecule has 0 aliphatic heterocycles. The summed E-state index contributed by atoms with van der Waals surface area (Å²) in [6.07, 6.45) is 2.79. The topological polar surface area (TPSA) is 62.7 Å². The third kappa shape index (κ3) is 8.22. The fourth-order valence-corrected chi connectivity index (χ4v) is 3.29. The molecule has 2 N–H and O–H groups in total. The molecule has 0 heterocycles. The minimum absolute atomic E-state index is 0. The number of methoxy groups -OCH3 is 1. The maximum absolute atomic E-state index is 13.5. The van der Waals surface area contributed by atoms with Gasteiger partial charge in [0.25, 0.3) is 0 Å². The first-order valence-electron chi connectivity index (χ1n) is 8.95. The lowest BCUT2D eigenvalue weighted by atomic mass is 10.1. The average molecular weight is 531 g/mol. The van der Waals surface area contributed by atoms with E-state index in [1.807, 2.05) is 24.5 Å². The molecule has 0 aromatic heterocycles. The van der Waals surface area contributed by atoms with E-state index in [4.69, 9.17) is 4.74 Å². The highest BCUT2D eigenvalue weighted by molar-refractivity contribution is 14.0. The highest BCUT2D eigenvalue weighted by atomic mass is 127. The molecule has 0 radical (unpaired) electrons. The monoisotopic (exact) mass is 531 g/mol. The van der Waals surface area contributed by atoms with Gasteiger partial charge in [-0.2, -0.15) is 11.8 Å². The summed E-state index contributed by atoms with van der Waals surface area (Å²) in [6.45, 7) is 1.27. The lowest BCUT2D eigenvalue weighted by Crippen LogP contribution is -2.38. The van der Waals surface area contributed by atoms with Crippen molar-refractivity contribution < 1.29 is 13.9 Å². The van der Waals surface area contributed by atoms with Crippen LogP contribution >= 0.6 is 35.7 Å². The molecule has 0 spiro atoms. The van der Waals surface area contributed by atoms with Crippen LogP contribution in [-0.4, -0.2) is 38.9 Å². The Kier molecular flexibility index (Phi) is 11.7. The average Bonchev–Trinajstić information content (AvgIpc) is 2.71. The summed E-state index contributed by atoms with van der Waals surface area (Å²) in [5.41, 5.74) is 3.69. The van der Waals surface area contributed by atoms with Crippen LogP contribution in [-0.2, 0) is 23.5 Å². The largest absolute Gasteiger partial charge is 0.465 e. The number of carbonyl (C=O) groups is 1. The molecule has 0 saturated carbocycles. The normalized spacial score (nSPS) is 10.8. The van der Waals surface area contributed by atoms with Crippen LogP contribution in [0.5, 0.6) is 0 Å². The van der Waals surface area contributed by atoms with Crippen molar-refractivity contribution in [3.05, 3.63) is 70.5 Å². The van der Waals surface area contributed by atoms with Crippen LogP contribution in [0.1, 0.15) is 27.0 Å². The molecule has 0 bridgehead atoms. The molecule has 0 fully saturated rings. The number of hydrogen-bond acceptors (Lipinski definition) is 4. The van der Waals surface area contributed by atoms with E-state index >= 15 is 0 Å². The van der Waals surface area contributed by atoms with Gasteiger partial charge >= 0.3 is 5.97 Å². The Bertz CT molecular complexity index is 816. The van der Waals surface area contributed by atoms with Crippen LogP contribution in [0, 0.1) is 5.82 Å². The van der Waals surface area contributed by atoms with Crippen LogP contribution in [0.4, 0.5) is 4.39 Å². The number of aliphatic imine (C=N–C) groups is 1. The van der Waals surface area contributed by atoms with Gasteiger partial charge in [0.1, 0.15) is 5.82 Å². The lowest BCUT2D eigenvalue weighted by Gasteiger charge is -2.14. The summed E-state index contributed by atoms with van der Waals surface area (Å²) in [7, 11) is 3.09. The van der Waals surface area contributed by atoms with Crippen molar-refractivity contribution >= 4 is 47.7 Å². The van der Waals surface area contributed by atoms with Gasteiger partial charge in [-0.05, 0) is 53.6 Å². The summed E-state index contributed by atoms with van der Waals surface area (Å²) in [5.74, 6) is 0.901. The third-order valence-corrected chi connectivity index (χ3v) is 4.82. The molecule has 2 aromatic carbocycles. The molecular formula is C21H27FIN3O2S. The van der Waals surface area contributed by atoms with Crippen molar-refractivity contribution in [2.75, 3.05) is 27.0 Å². The fourth-order valence-electron chi connectivity index (χ4n) is 2.71. The van der Waals surface area contributed by atoms with E-state index in [9.17, 15) is 9.18 Å². The molecule has 0 atom stereocenters. The summed E-state index contributed by atoms with van der Waals surface area (Å²) >= 11 is 1.66. The smallest absolute Gasteiger partial charge is 0.337 e. The quantitative estimate of drug-likeness (QED) is 0.234. The van der Waals surface area contributed by atoms with Gasteiger partial charge < -0.3 is 15.4 Å². The van der Waals surface area contributed by atoms with Gasteiger partial charge in [0.15, 0.2) is 5.96 Å². The van der Waals surface area contributed by atoms with Crippen molar-refractivity contribution in [1.29, 1.82) is 0 Å². The second kappa shape index (κ2) is 13.4. The maximum atomic E-state index is 13.5. The number of carbonyl (C=O) groups excluding carboxylic acids is 1. The van der Waals surface area contributed by atoms with Crippen LogP contribution in [0.2, 0.25) is 0 Å². The van der Waals surface area contributed by atoms with E-state index in [1.54, 1.807) is 37.0 Å². The van der Waals surface area contributed by atoms with Crippen LogP contribution in [0.15, 0.2) is 47.5 Å². The lowest BCUT2D eigenvalue weighted by molar-refractivity contribution is 0.0600. The van der Waals surface area contributed by atoms with E-state index in [1.165, 1.54) is 13.2 Å². The summed E-state index contributed by atoms with van der Waals surface area (Å²) in [4.78, 5) is 15.7. The molecule has 8 heteroatoms. The Morgan fingerprint density at radius 3 is 2.48 bits per heavy atom. The highest BCUT2D eigenvalue weighted by Gasteiger charge is 2.06. The number of esters is 1. The molecule has 2 aromatic rings. The van der Waals surface area contributed by atoms with Gasteiger partial charge in [-0.15, -0.1) is 24.0 Å². The molecule has 0 aliphatic carbocycles. The van der Waals surface area contributed by atoms with Gasteiger partial charge in [-0.1, -0.05) is 18.2 Å². The molecule has 158 valence electrons. The Labute approximate surface area is 192 Å². The third-order valence-electron chi connectivity index (χ3n) is 4.22. The van der Waals surface area contributed by atoms with Crippen LogP contribution < -0.4 is 10.6 Å². The Balaban J connectivity index is 0.00000420. The van der Waals surface area contributed by atoms with E-state index in [2.05, 4.69) is 15.6 Å². The Hall–Kier alpha value is -1.81. The SMILES string of the molecule is CN=C(NCCc1ccc(C(=O)OC)cc1)NCc1ccc(F)cc1CSC.I. The van der Waals surface area contributed by atoms with E-state index in [0.717, 1.165) is 28.9 Å².